The Kier molecular flexibility index (Phi) is 6.94. The van der Waals surface area contributed by atoms with E-state index in [1.54, 1.807) is 6.20 Å². The molecule has 3 aliphatic heterocycles. The number of benzene rings is 1. The minimum absolute atomic E-state index is 0.0727. The molecule has 0 amide bonds. The van der Waals surface area contributed by atoms with Gasteiger partial charge in [0, 0.05) is 42.9 Å². The summed E-state index contributed by atoms with van der Waals surface area (Å²) in [6.07, 6.45) is 6.34. The summed E-state index contributed by atoms with van der Waals surface area (Å²) < 4.78 is 8.17. The van der Waals surface area contributed by atoms with E-state index in [-0.39, 0.29) is 12.4 Å². The summed E-state index contributed by atoms with van der Waals surface area (Å²) in [7, 11) is 0. The quantitative estimate of drug-likeness (QED) is 0.583. The molecular weight excluding hydrogens is 463 g/mol. The number of guanidine groups is 1. The van der Waals surface area contributed by atoms with Gasteiger partial charge in [0.05, 0.1) is 30.5 Å². The molecule has 33 heavy (non-hydrogen) atoms. The highest BCUT2D eigenvalue weighted by atomic mass is 35.5. The second kappa shape index (κ2) is 10.1. The van der Waals surface area contributed by atoms with Crippen LogP contribution in [0, 0.1) is 0 Å². The molecule has 5 rings (SSSR count). The highest BCUT2D eigenvalue weighted by Crippen LogP contribution is 2.26. The molecule has 3 aliphatic rings. The highest BCUT2D eigenvalue weighted by molar-refractivity contribution is 6.30. The van der Waals surface area contributed by atoms with E-state index in [1.807, 2.05) is 23.0 Å². The highest BCUT2D eigenvalue weighted by Gasteiger charge is 2.36. The minimum Gasteiger partial charge on any atom is -0.373 e. The Bertz CT molecular complexity index is 960. The Morgan fingerprint density at radius 3 is 2.58 bits per heavy atom. The fraction of sp³-hybridized carbons (Fsp3) is 0.545. The van der Waals surface area contributed by atoms with Gasteiger partial charge in [0.25, 0.3) is 0 Å². The second-order valence-corrected chi connectivity index (χ2v) is 9.79. The number of halogens is 2. The zero-order valence-electron chi connectivity index (χ0n) is 18.4. The normalized spacial score (nSPS) is 26.7. The Balaban J connectivity index is 1.26. The molecule has 178 valence electrons. The molecule has 2 fully saturated rings. The maximum Gasteiger partial charge on any atom is 0.219 e. The van der Waals surface area contributed by atoms with Gasteiger partial charge in [0.2, 0.25) is 5.96 Å². The second-order valence-electron chi connectivity index (χ2n) is 8.92. The Labute approximate surface area is 203 Å². The first-order chi connectivity index (χ1) is 16.0. The first-order valence-corrected chi connectivity index (χ1v) is 12.2. The molecule has 0 radical (unpaired) electrons. The lowest BCUT2D eigenvalue weighted by Gasteiger charge is -2.47. The third-order valence-electron chi connectivity index (χ3n) is 6.61. The third kappa shape index (κ3) is 5.55. The van der Waals surface area contributed by atoms with Crippen molar-refractivity contribution in [3.05, 3.63) is 52.3 Å². The van der Waals surface area contributed by atoms with E-state index in [0.717, 1.165) is 49.9 Å². The topological polar surface area (TPSA) is 96.0 Å². The first kappa shape index (κ1) is 22.7. The largest absolute Gasteiger partial charge is 0.373 e. The number of rotatable bonds is 5. The number of likely N-dealkylation sites (tertiary alicyclic amines) is 1. The van der Waals surface area contributed by atoms with Crippen molar-refractivity contribution in [3.8, 4) is 0 Å². The van der Waals surface area contributed by atoms with Crippen molar-refractivity contribution >= 4 is 29.2 Å². The number of morpholine rings is 1. The van der Waals surface area contributed by atoms with Crippen molar-refractivity contribution in [2.75, 3.05) is 26.2 Å². The van der Waals surface area contributed by atoms with Gasteiger partial charge in [-0.3, -0.25) is 20.7 Å². The number of nitrogens with zero attached hydrogens (tertiary/aromatic N) is 5. The zero-order valence-corrected chi connectivity index (χ0v) is 19.9. The summed E-state index contributed by atoms with van der Waals surface area (Å²) in [4.78, 5) is 4.92. The molecule has 9 nitrogen and oxygen atoms in total. The Morgan fingerprint density at radius 2 is 1.91 bits per heavy atom. The van der Waals surface area contributed by atoms with Crippen LogP contribution >= 0.6 is 23.2 Å². The summed E-state index contributed by atoms with van der Waals surface area (Å²) in [6.45, 7) is 4.13. The monoisotopic (exact) mass is 492 g/mol. The van der Waals surface area contributed by atoms with E-state index in [2.05, 4.69) is 42.9 Å². The molecule has 3 unspecified atom stereocenters. The molecule has 4 N–H and O–H groups in total. The van der Waals surface area contributed by atoms with Crippen LogP contribution in [0.3, 0.4) is 0 Å². The lowest BCUT2D eigenvalue weighted by atomic mass is 9.96. The van der Waals surface area contributed by atoms with Crippen molar-refractivity contribution in [1.82, 2.24) is 30.3 Å². The van der Waals surface area contributed by atoms with Gasteiger partial charge in [0.15, 0.2) is 6.29 Å². The molecule has 2 aromatic rings. The van der Waals surface area contributed by atoms with Gasteiger partial charge in [0.1, 0.15) is 0 Å². The number of nitrogens with one attached hydrogen (secondary N) is 2. The van der Waals surface area contributed by atoms with Gasteiger partial charge in [-0.1, -0.05) is 35.3 Å². The van der Waals surface area contributed by atoms with Crippen LogP contribution in [-0.4, -0.2) is 76.3 Å². The van der Waals surface area contributed by atoms with Crippen molar-refractivity contribution < 1.29 is 4.74 Å². The van der Waals surface area contributed by atoms with Crippen molar-refractivity contribution in [2.24, 2.45) is 10.8 Å². The summed E-state index contributed by atoms with van der Waals surface area (Å²) in [5.41, 5.74) is 9.99. The van der Waals surface area contributed by atoms with Gasteiger partial charge in [-0.2, -0.15) is 5.10 Å². The smallest absolute Gasteiger partial charge is 0.219 e. The fourth-order valence-electron chi connectivity index (χ4n) is 4.96. The maximum atomic E-state index is 6.30. The van der Waals surface area contributed by atoms with Gasteiger partial charge >= 0.3 is 0 Å². The lowest BCUT2D eigenvalue weighted by molar-refractivity contribution is -0.0910. The number of ether oxygens (including phenoxy) is 1. The molecule has 0 bridgehead atoms. The molecule has 2 saturated heterocycles. The average molecular weight is 493 g/mol. The van der Waals surface area contributed by atoms with Crippen LogP contribution < -0.4 is 16.5 Å². The van der Waals surface area contributed by atoms with Crippen LogP contribution in [0.2, 0.25) is 10.0 Å². The molecule has 11 heteroatoms. The molecule has 0 aliphatic carbocycles. The third-order valence-corrected chi connectivity index (χ3v) is 7.06. The molecule has 0 spiro atoms. The van der Waals surface area contributed by atoms with Gasteiger partial charge in [-0.05, 0) is 37.0 Å². The van der Waals surface area contributed by atoms with Crippen molar-refractivity contribution in [3.63, 3.8) is 0 Å². The number of hydrazone groups is 1. The van der Waals surface area contributed by atoms with E-state index in [4.69, 9.17) is 33.7 Å². The molecule has 3 atom stereocenters. The van der Waals surface area contributed by atoms with Crippen molar-refractivity contribution in [1.29, 1.82) is 0 Å². The summed E-state index contributed by atoms with van der Waals surface area (Å²) in [6, 6.07) is 8.94. The lowest BCUT2D eigenvalue weighted by Crippen LogP contribution is -2.58. The van der Waals surface area contributed by atoms with Gasteiger partial charge in [-0.15, -0.1) is 5.10 Å². The molecule has 4 heterocycles. The average Bonchev–Trinajstić information content (AvgIpc) is 3.44. The molecular formula is C22H30Cl2N8O. The Hall–Kier alpha value is -2.04. The first-order valence-electron chi connectivity index (χ1n) is 11.4. The number of hydrogen-bond donors (Lipinski definition) is 3. The standard InChI is InChI=1S/C22H30Cl2N8O/c23-16-3-1-15(2-4-16)9-19-14-33-20(12-31-11-17(24)10-26-31)13-32(19)18-5-7-30(8-6-18)22-27-21(25)28-29-22/h1-4,10-11,18-21,28H,5-9,12-14,25H2,(H,27,29). The number of piperidine rings is 1. The van der Waals surface area contributed by atoms with Crippen LogP contribution in [0.5, 0.6) is 0 Å². The van der Waals surface area contributed by atoms with Crippen LogP contribution in [0.4, 0.5) is 0 Å². The van der Waals surface area contributed by atoms with Crippen molar-refractivity contribution in [2.45, 2.75) is 50.3 Å². The Morgan fingerprint density at radius 1 is 1.12 bits per heavy atom. The molecule has 1 aromatic carbocycles. The maximum absolute atomic E-state index is 6.30. The van der Waals surface area contributed by atoms with E-state index in [0.29, 0.717) is 30.3 Å². The predicted molar refractivity (Wildman–Crippen MR) is 129 cm³/mol. The van der Waals surface area contributed by atoms with Crippen LogP contribution in [0.25, 0.3) is 0 Å². The van der Waals surface area contributed by atoms with E-state index >= 15 is 0 Å². The number of hydrogen-bond acceptors (Lipinski definition) is 8. The van der Waals surface area contributed by atoms with Crippen LogP contribution in [-0.2, 0) is 17.7 Å². The molecule has 0 saturated carbocycles. The number of nitrogens with two attached hydrogens (primary N) is 1. The zero-order chi connectivity index (χ0) is 22.8. The molecule has 1 aromatic heterocycles. The SMILES string of the molecule is NC1NN=C(N2CCC(N3CC(Cn4cc(Cl)cn4)OCC3Cc3ccc(Cl)cc3)CC2)N1. The van der Waals surface area contributed by atoms with Gasteiger partial charge in [-0.25, -0.2) is 0 Å². The summed E-state index contributed by atoms with van der Waals surface area (Å²) in [5.74, 6) is 0.842. The predicted octanol–water partition coefficient (Wildman–Crippen LogP) is 1.67. The minimum atomic E-state index is -0.308. The summed E-state index contributed by atoms with van der Waals surface area (Å²) in [5, 5.41) is 13.2. The van der Waals surface area contributed by atoms with Crippen LogP contribution in [0.1, 0.15) is 18.4 Å². The number of aromatic nitrogens is 2. The van der Waals surface area contributed by atoms with Gasteiger partial charge < -0.3 is 15.0 Å². The van der Waals surface area contributed by atoms with E-state index < -0.39 is 0 Å². The van der Waals surface area contributed by atoms with E-state index in [9.17, 15) is 0 Å². The van der Waals surface area contributed by atoms with E-state index in [1.165, 1.54) is 5.56 Å². The van der Waals surface area contributed by atoms with Crippen LogP contribution in [0.15, 0.2) is 41.8 Å². The fourth-order valence-corrected chi connectivity index (χ4v) is 5.24. The summed E-state index contributed by atoms with van der Waals surface area (Å²) >= 11 is 12.1.